The van der Waals surface area contributed by atoms with Crippen molar-refractivity contribution in [3.05, 3.63) is 33.0 Å². The smallest absolute Gasteiger partial charge is 0.129 e. The number of alkyl halides is 1. The number of rotatable bonds is 2. The maximum Gasteiger partial charge on any atom is 0.129 e. The highest BCUT2D eigenvalue weighted by atomic mass is 79.9. The molecule has 1 aromatic carbocycles. The molecule has 5 unspecified atom stereocenters. The first kappa shape index (κ1) is 15.6. The molecule has 0 bridgehead atoms. The topological polar surface area (TPSA) is 9.23 Å². The molecule has 1 aliphatic rings. The number of halogens is 4. The monoisotopic (exact) mass is 368 g/mol. The van der Waals surface area contributed by atoms with Crippen LogP contribution in [-0.2, 0) is 4.74 Å². The lowest BCUT2D eigenvalue weighted by Crippen LogP contribution is -2.22. The molecule has 0 N–H and O–H groups in total. The zero-order chi connectivity index (χ0) is 14.3. The lowest BCUT2D eigenvalue weighted by Gasteiger charge is -2.25. The quantitative estimate of drug-likeness (QED) is 0.488. The molecule has 5 heteroatoms. The zero-order valence-electron chi connectivity index (χ0n) is 11.0. The van der Waals surface area contributed by atoms with E-state index in [9.17, 15) is 4.39 Å². The maximum absolute atomic E-state index is 14.1. The van der Waals surface area contributed by atoms with E-state index < -0.39 is 5.38 Å². The van der Waals surface area contributed by atoms with Crippen LogP contribution in [0.2, 0.25) is 5.02 Å². The van der Waals surface area contributed by atoms with Crippen LogP contribution < -0.4 is 0 Å². The zero-order valence-corrected chi connectivity index (χ0v) is 14.1. The molecule has 1 aromatic rings. The molecule has 0 radical (unpaired) electrons. The molecule has 1 heterocycles. The van der Waals surface area contributed by atoms with Gasteiger partial charge in [-0.1, -0.05) is 18.5 Å². The van der Waals surface area contributed by atoms with Gasteiger partial charge in [-0.05, 0) is 47.8 Å². The molecule has 0 amide bonds. The van der Waals surface area contributed by atoms with Gasteiger partial charge >= 0.3 is 0 Å². The third-order valence-electron chi connectivity index (χ3n) is 3.99. The number of hydrogen-bond donors (Lipinski definition) is 0. The highest BCUT2D eigenvalue weighted by molar-refractivity contribution is 9.10. The summed E-state index contributed by atoms with van der Waals surface area (Å²) in [6, 6.07) is 2.96. The standard InChI is InChI=1S/C14H16BrCl2FO/c1-6-7(2)19-8(3)13(6)14(17)9-4-11(16)10(15)5-12(9)18/h4-8,13-14H,1-3H3. The first-order chi connectivity index (χ1) is 8.82. The molecule has 106 valence electrons. The molecule has 0 aliphatic carbocycles. The Bertz CT molecular complexity index is 483. The molecular weight excluding hydrogens is 354 g/mol. The van der Waals surface area contributed by atoms with E-state index in [2.05, 4.69) is 22.9 Å². The Morgan fingerprint density at radius 1 is 1.26 bits per heavy atom. The third kappa shape index (κ3) is 2.94. The summed E-state index contributed by atoms with van der Waals surface area (Å²) in [7, 11) is 0. The molecule has 1 saturated heterocycles. The predicted octanol–water partition coefficient (Wildman–Crippen LogP) is 5.58. The Kier molecular flexibility index (Phi) is 4.82. The van der Waals surface area contributed by atoms with Gasteiger partial charge in [-0.25, -0.2) is 4.39 Å². The van der Waals surface area contributed by atoms with Crippen molar-refractivity contribution < 1.29 is 9.13 Å². The van der Waals surface area contributed by atoms with Gasteiger partial charge in [0.1, 0.15) is 5.82 Å². The van der Waals surface area contributed by atoms with Gasteiger partial charge in [-0.2, -0.15) is 0 Å². The van der Waals surface area contributed by atoms with Gasteiger partial charge < -0.3 is 4.74 Å². The average molecular weight is 370 g/mol. The van der Waals surface area contributed by atoms with Gasteiger partial charge in [0.2, 0.25) is 0 Å². The lowest BCUT2D eigenvalue weighted by molar-refractivity contribution is 0.0507. The van der Waals surface area contributed by atoms with Crippen LogP contribution >= 0.6 is 39.1 Å². The van der Waals surface area contributed by atoms with Gasteiger partial charge in [-0.3, -0.25) is 0 Å². The summed E-state index contributed by atoms with van der Waals surface area (Å²) in [5.74, 6) is 0.0120. The number of benzene rings is 1. The van der Waals surface area contributed by atoms with Crippen molar-refractivity contribution in [1.82, 2.24) is 0 Å². The largest absolute Gasteiger partial charge is 0.375 e. The molecule has 0 spiro atoms. The second kappa shape index (κ2) is 5.88. The normalized spacial score (nSPS) is 32.6. The first-order valence-corrected chi connectivity index (χ1v) is 7.87. The summed E-state index contributed by atoms with van der Waals surface area (Å²) in [5, 5.41) is 0.0230. The average Bonchev–Trinajstić information content (AvgIpc) is 2.57. The fourth-order valence-corrected chi connectivity index (χ4v) is 3.84. The van der Waals surface area contributed by atoms with Gasteiger partial charge in [0.25, 0.3) is 0 Å². The van der Waals surface area contributed by atoms with Crippen LogP contribution in [0.1, 0.15) is 31.7 Å². The summed E-state index contributed by atoms with van der Waals surface area (Å²) in [5.41, 5.74) is 0.441. The molecule has 0 aromatic heterocycles. The summed E-state index contributed by atoms with van der Waals surface area (Å²) >= 11 is 15.7. The number of ether oxygens (including phenoxy) is 1. The molecule has 1 aliphatic heterocycles. The Hall–Kier alpha value is 0.170. The van der Waals surface area contributed by atoms with Crippen LogP contribution in [0.4, 0.5) is 4.39 Å². The summed E-state index contributed by atoms with van der Waals surface area (Å²) in [4.78, 5) is 0. The molecular formula is C14H16BrCl2FO. The first-order valence-electron chi connectivity index (χ1n) is 6.27. The molecule has 2 rings (SSSR count). The maximum atomic E-state index is 14.1. The Morgan fingerprint density at radius 3 is 2.42 bits per heavy atom. The molecule has 19 heavy (non-hydrogen) atoms. The Balaban J connectivity index is 2.34. The van der Waals surface area contributed by atoms with Crippen LogP contribution in [-0.4, -0.2) is 12.2 Å². The second-order valence-corrected chi connectivity index (χ2v) is 6.90. The van der Waals surface area contributed by atoms with Crippen LogP contribution in [0.3, 0.4) is 0 Å². The highest BCUT2D eigenvalue weighted by Gasteiger charge is 2.42. The molecule has 1 fully saturated rings. The van der Waals surface area contributed by atoms with Gasteiger partial charge in [0, 0.05) is 16.0 Å². The van der Waals surface area contributed by atoms with E-state index in [0.29, 0.717) is 15.1 Å². The van der Waals surface area contributed by atoms with Crippen LogP contribution in [0.5, 0.6) is 0 Å². The minimum atomic E-state index is -0.444. The van der Waals surface area contributed by atoms with E-state index in [0.717, 1.165) is 0 Å². The minimum absolute atomic E-state index is 0.00863. The van der Waals surface area contributed by atoms with Crippen LogP contribution in [0.25, 0.3) is 0 Å². The van der Waals surface area contributed by atoms with Crippen molar-refractivity contribution in [3.8, 4) is 0 Å². The van der Waals surface area contributed by atoms with Crippen molar-refractivity contribution in [2.24, 2.45) is 11.8 Å². The molecule has 5 atom stereocenters. The predicted molar refractivity (Wildman–Crippen MR) is 80.4 cm³/mol. The summed E-state index contributed by atoms with van der Waals surface area (Å²) in [6.45, 7) is 6.10. The Labute approximate surface area is 131 Å². The van der Waals surface area contributed by atoms with Crippen molar-refractivity contribution >= 4 is 39.1 Å². The molecule has 0 saturated carbocycles. The molecule has 1 nitrogen and oxygen atoms in total. The van der Waals surface area contributed by atoms with E-state index in [1.807, 2.05) is 13.8 Å². The fourth-order valence-electron chi connectivity index (χ4n) is 2.75. The van der Waals surface area contributed by atoms with Crippen molar-refractivity contribution in [2.45, 2.75) is 38.4 Å². The summed E-state index contributed by atoms with van der Waals surface area (Å²) < 4.78 is 20.4. The number of hydrogen-bond acceptors (Lipinski definition) is 1. The second-order valence-electron chi connectivity index (χ2n) is 5.17. The van der Waals surface area contributed by atoms with E-state index in [4.69, 9.17) is 27.9 Å². The van der Waals surface area contributed by atoms with Crippen molar-refractivity contribution in [1.29, 1.82) is 0 Å². The van der Waals surface area contributed by atoms with Gasteiger partial charge in [0.15, 0.2) is 0 Å². The Morgan fingerprint density at radius 2 is 1.89 bits per heavy atom. The van der Waals surface area contributed by atoms with E-state index in [1.165, 1.54) is 6.07 Å². The van der Waals surface area contributed by atoms with Crippen molar-refractivity contribution in [2.75, 3.05) is 0 Å². The van der Waals surface area contributed by atoms with Crippen molar-refractivity contribution in [3.63, 3.8) is 0 Å². The van der Waals surface area contributed by atoms with Crippen LogP contribution in [0.15, 0.2) is 16.6 Å². The van der Waals surface area contributed by atoms with E-state index >= 15 is 0 Å². The van der Waals surface area contributed by atoms with Crippen LogP contribution in [0, 0.1) is 17.7 Å². The van der Waals surface area contributed by atoms with Gasteiger partial charge in [-0.15, -0.1) is 11.6 Å². The fraction of sp³-hybridized carbons (Fsp3) is 0.571. The highest BCUT2D eigenvalue weighted by Crippen LogP contribution is 2.45. The van der Waals surface area contributed by atoms with E-state index in [1.54, 1.807) is 6.07 Å². The minimum Gasteiger partial charge on any atom is -0.375 e. The summed E-state index contributed by atoms with van der Waals surface area (Å²) in [6.07, 6.45) is 0.143. The SMILES string of the molecule is CC1OC(C)C(C(Cl)c2cc(Cl)c(Br)cc2F)C1C. The van der Waals surface area contributed by atoms with Gasteiger partial charge in [0.05, 0.1) is 22.6 Å². The van der Waals surface area contributed by atoms with E-state index in [-0.39, 0.29) is 29.9 Å². The third-order valence-corrected chi connectivity index (χ3v) is 5.72. The lowest BCUT2D eigenvalue weighted by atomic mass is 9.84.